The van der Waals surface area contributed by atoms with Crippen molar-refractivity contribution in [3.63, 3.8) is 0 Å². The maximum absolute atomic E-state index is 11.7. The molecule has 2 heteroatoms. The lowest BCUT2D eigenvalue weighted by Gasteiger charge is -2.05. The summed E-state index contributed by atoms with van der Waals surface area (Å²) < 4.78 is 5.36. The third kappa shape index (κ3) is 20.2. The number of allylic oxidation sites excluding steroid dienone is 4. The van der Waals surface area contributed by atoms with E-state index >= 15 is 0 Å². The van der Waals surface area contributed by atoms with Crippen molar-refractivity contribution in [3.8, 4) is 0 Å². The van der Waals surface area contributed by atoms with Gasteiger partial charge < -0.3 is 4.74 Å². The average molecular weight is 419 g/mol. The number of rotatable bonds is 22. The first-order chi connectivity index (χ1) is 14.8. The second-order valence-corrected chi connectivity index (χ2v) is 9.20. The molecular formula is C28H50O2. The minimum absolute atomic E-state index is 0.0137. The van der Waals surface area contributed by atoms with Gasteiger partial charge in [0, 0.05) is 6.42 Å². The Labute approximate surface area is 187 Å². The summed E-state index contributed by atoms with van der Waals surface area (Å²) in [5.41, 5.74) is 0. The summed E-state index contributed by atoms with van der Waals surface area (Å²) in [6.07, 6.45) is 34.0. The van der Waals surface area contributed by atoms with E-state index in [0.717, 1.165) is 25.2 Å². The first kappa shape index (κ1) is 27.0. The van der Waals surface area contributed by atoms with Crippen LogP contribution in [0.2, 0.25) is 0 Å². The van der Waals surface area contributed by atoms with Gasteiger partial charge in [-0.2, -0.15) is 0 Å². The van der Waals surface area contributed by atoms with Gasteiger partial charge in [0.1, 0.15) is 0 Å². The first-order valence-electron chi connectivity index (χ1n) is 13.3. The van der Waals surface area contributed by atoms with Gasteiger partial charge in [-0.05, 0) is 50.9 Å². The number of carbonyl (C=O) groups is 1. The zero-order valence-corrected chi connectivity index (χ0v) is 20.1. The van der Waals surface area contributed by atoms with Crippen LogP contribution in [0.1, 0.15) is 135 Å². The molecule has 0 radical (unpaired) electrons. The Morgan fingerprint density at radius 1 is 0.733 bits per heavy atom. The molecule has 0 N–H and O–H groups in total. The molecule has 0 aromatic rings. The van der Waals surface area contributed by atoms with E-state index in [-0.39, 0.29) is 5.97 Å². The molecule has 1 aliphatic rings. The molecule has 0 amide bonds. The minimum Gasteiger partial charge on any atom is -0.466 e. The first-order valence-corrected chi connectivity index (χ1v) is 13.3. The quantitative estimate of drug-likeness (QED) is 0.0995. The molecule has 174 valence electrons. The Balaban J connectivity index is 1.72. The Hall–Kier alpha value is -1.05. The maximum atomic E-state index is 11.7. The van der Waals surface area contributed by atoms with Gasteiger partial charge in [-0.25, -0.2) is 0 Å². The van der Waals surface area contributed by atoms with Crippen molar-refractivity contribution in [1.82, 2.24) is 0 Å². The van der Waals surface area contributed by atoms with Gasteiger partial charge in [-0.1, -0.05) is 108 Å². The Morgan fingerprint density at radius 2 is 1.33 bits per heavy atom. The molecule has 0 atom stereocenters. The standard InChI is InChI=1S/C28H50O2/c1-2-3-4-5-6-7-8-9-10-11-12-13-14-15-18-21-26-30-28(29)23-20-17-16-19-22-27-24-25-27/h6-7,9-10,27H,2-5,8,11-26H2,1H3/b7-6+,10-9+. The van der Waals surface area contributed by atoms with Crippen LogP contribution in [-0.4, -0.2) is 12.6 Å². The van der Waals surface area contributed by atoms with Gasteiger partial charge in [0.2, 0.25) is 0 Å². The molecule has 0 aromatic heterocycles. The van der Waals surface area contributed by atoms with E-state index in [1.54, 1.807) is 0 Å². The molecule has 1 aliphatic carbocycles. The number of hydrogen-bond acceptors (Lipinski definition) is 2. The zero-order chi connectivity index (χ0) is 21.5. The normalized spacial score (nSPS) is 14.2. The summed E-state index contributed by atoms with van der Waals surface area (Å²) in [6, 6.07) is 0. The molecule has 0 aromatic carbocycles. The van der Waals surface area contributed by atoms with Gasteiger partial charge in [-0.15, -0.1) is 0 Å². The lowest BCUT2D eigenvalue weighted by molar-refractivity contribution is -0.143. The van der Waals surface area contributed by atoms with Gasteiger partial charge in [0.05, 0.1) is 6.61 Å². The van der Waals surface area contributed by atoms with E-state index in [9.17, 15) is 4.79 Å². The Morgan fingerprint density at radius 3 is 2.03 bits per heavy atom. The zero-order valence-electron chi connectivity index (χ0n) is 20.1. The van der Waals surface area contributed by atoms with E-state index in [2.05, 4.69) is 31.2 Å². The third-order valence-electron chi connectivity index (χ3n) is 6.05. The lowest BCUT2D eigenvalue weighted by atomic mass is 10.1. The number of ether oxygens (including phenoxy) is 1. The summed E-state index contributed by atoms with van der Waals surface area (Å²) in [7, 11) is 0. The van der Waals surface area contributed by atoms with Crippen molar-refractivity contribution < 1.29 is 9.53 Å². The van der Waals surface area contributed by atoms with Crippen LogP contribution < -0.4 is 0 Å². The van der Waals surface area contributed by atoms with Crippen LogP contribution in [0.5, 0.6) is 0 Å². The largest absolute Gasteiger partial charge is 0.466 e. The fourth-order valence-corrected chi connectivity index (χ4v) is 3.81. The molecule has 1 rings (SSSR count). The number of hydrogen-bond donors (Lipinski definition) is 0. The molecule has 1 saturated carbocycles. The topological polar surface area (TPSA) is 26.3 Å². The second kappa shape index (κ2) is 21.2. The highest BCUT2D eigenvalue weighted by Crippen LogP contribution is 2.34. The molecular weight excluding hydrogens is 368 g/mol. The van der Waals surface area contributed by atoms with Crippen LogP contribution in [0.3, 0.4) is 0 Å². The maximum Gasteiger partial charge on any atom is 0.305 e. The van der Waals surface area contributed by atoms with Crippen LogP contribution in [-0.2, 0) is 9.53 Å². The van der Waals surface area contributed by atoms with Crippen LogP contribution in [0, 0.1) is 5.92 Å². The molecule has 0 heterocycles. The summed E-state index contributed by atoms with van der Waals surface area (Å²) in [6.45, 7) is 2.87. The number of carbonyl (C=O) groups excluding carboxylic acids is 1. The molecule has 0 unspecified atom stereocenters. The summed E-state index contributed by atoms with van der Waals surface area (Å²) in [5.74, 6) is 1.06. The fraction of sp³-hybridized carbons (Fsp3) is 0.821. The van der Waals surface area contributed by atoms with Gasteiger partial charge in [-0.3, -0.25) is 4.79 Å². The van der Waals surface area contributed by atoms with Crippen molar-refractivity contribution in [2.45, 2.75) is 135 Å². The van der Waals surface area contributed by atoms with Crippen LogP contribution in [0.15, 0.2) is 24.3 Å². The van der Waals surface area contributed by atoms with Gasteiger partial charge in [0.15, 0.2) is 0 Å². The smallest absolute Gasteiger partial charge is 0.305 e. The molecule has 0 bridgehead atoms. The highest BCUT2D eigenvalue weighted by Gasteiger charge is 2.19. The molecule has 0 spiro atoms. The van der Waals surface area contributed by atoms with Gasteiger partial charge >= 0.3 is 5.97 Å². The van der Waals surface area contributed by atoms with Crippen molar-refractivity contribution in [3.05, 3.63) is 24.3 Å². The van der Waals surface area contributed by atoms with E-state index in [1.165, 1.54) is 103 Å². The van der Waals surface area contributed by atoms with E-state index < -0.39 is 0 Å². The van der Waals surface area contributed by atoms with E-state index in [0.29, 0.717) is 13.0 Å². The predicted molar refractivity (Wildman–Crippen MR) is 131 cm³/mol. The van der Waals surface area contributed by atoms with Gasteiger partial charge in [0.25, 0.3) is 0 Å². The van der Waals surface area contributed by atoms with Crippen LogP contribution in [0.4, 0.5) is 0 Å². The second-order valence-electron chi connectivity index (χ2n) is 9.20. The highest BCUT2D eigenvalue weighted by molar-refractivity contribution is 5.69. The summed E-state index contributed by atoms with van der Waals surface area (Å²) in [5, 5.41) is 0. The monoisotopic (exact) mass is 418 g/mol. The SMILES string of the molecule is CCCCC/C=C/C/C=C/CCCCCCCCOC(=O)CCCCCCC1CC1. The molecule has 1 fully saturated rings. The third-order valence-corrected chi connectivity index (χ3v) is 6.05. The van der Waals surface area contributed by atoms with Crippen LogP contribution >= 0.6 is 0 Å². The van der Waals surface area contributed by atoms with Crippen molar-refractivity contribution >= 4 is 5.97 Å². The Bertz CT molecular complexity index is 434. The highest BCUT2D eigenvalue weighted by atomic mass is 16.5. The van der Waals surface area contributed by atoms with Crippen molar-refractivity contribution in [2.75, 3.05) is 6.61 Å². The van der Waals surface area contributed by atoms with E-state index in [4.69, 9.17) is 4.74 Å². The summed E-state index contributed by atoms with van der Waals surface area (Å²) in [4.78, 5) is 11.7. The summed E-state index contributed by atoms with van der Waals surface area (Å²) >= 11 is 0. The van der Waals surface area contributed by atoms with Crippen molar-refractivity contribution in [2.24, 2.45) is 5.92 Å². The Kier molecular flexibility index (Phi) is 19.1. The molecule has 0 saturated heterocycles. The molecule has 2 nitrogen and oxygen atoms in total. The van der Waals surface area contributed by atoms with Crippen molar-refractivity contribution in [1.29, 1.82) is 0 Å². The van der Waals surface area contributed by atoms with Crippen LogP contribution in [0.25, 0.3) is 0 Å². The number of esters is 1. The lowest BCUT2D eigenvalue weighted by Crippen LogP contribution is -2.05. The predicted octanol–water partition coefficient (Wildman–Crippen LogP) is 9.09. The van der Waals surface area contributed by atoms with E-state index in [1.807, 2.05) is 0 Å². The number of unbranched alkanes of at least 4 members (excludes halogenated alkanes) is 12. The molecule has 0 aliphatic heterocycles. The molecule has 30 heavy (non-hydrogen) atoms. The minimum atomic E-state index is 0.0137. The fourth-order valence-electron chi connectivity index (χ4n) is 3.81. The average Bonchev–Trinajstić information content (AvgIpc) is 3.57.